The molecule has 2 aliphatic heterocycles. The van der Waals surface area contributed by atoms with E-state index in [0.717, 1.165) is 56.6 Å². The van der Waals surface area contributed by atoms with E-state index in [1.807, 2.05) is 6.20 Å². The number of nitrogens with zero attached hydrogens (tertiary/aromatic N) is 2. The standard InChI is InChI=1S/C24H35N3O2/c1-23(2)17-4-7-24(3,16-17)22(23)21-20-18(5-8-25-21)27(9-6-19(20)28)11-10-26-12-14-29-15-13-26/h5-6,8-9,17,21-22,25H,4,7,10-16H2,1-3H3/t17?,21?,22-,24+/m0/s1. The van der Waals surface area contributed by atoms with Crippen molar-refractivity contribution in [3.05, 3.63) is 39.9 Å². The first-order valence-corrected chi connectivity index (χ1v) is 11.4. The van der Waals surface area contributed by atoms with Gasteiger partial charge in [0.05, 0.1) is 24.9 Å². The monoisotopic (exact) mass is 397 g/mol. The van der Waals surface area contributed by atoms with Crippen molar-refractivity contribution in [1.29, 1.82) is 0 Å². The highest BCUT2D eigenvalue weighted by molar-refractivity contribution is 5.54. The fourth-order valence-electron chi connectivity index (χ4n) is 7.13. The van der Waals surface area contributed by atoms with Gasteiger partial charge in [-0.25, -0.2) is 0 Å². The average Bonchev–Trinajstić information content (AvgIpc) is 3.19. The zero-order chi connectivity index (χ0) is 20.2. The van der Waals surface area contributed by atoms with Crippen molar-refractivity contribution < 1.29 is 4.74 Å². The molecule has 2 bridgehead atoms. The van der Waals surface area contributed by atoms with Crippen molar-refractivity contribution in [2.45, 2.75) is 52.6 Å². The molecule has 1 saturated heterocycles. The van der Waals surface area contributed by atoms with Gasteiger partial charge in [0.25, 0.3) is 0 Å². The summed E-state index contributed by atoms with van der Waals surface area (Å²) < 4.78 is 7.76. The van der Waals surface area contributed by atoms with E-state index in [-0.39, 0.29) is 16.9 Å². The van der Waals surface area contributed by atoms with Gasteiger partial charge >= 0.3 is 0 Å². The third-order valence-corrected chi connectivity index (χ3v) is 8.56. The van der Waals surface area contributed by atoms with Crippen LogP contribution in [0.4, 0.5) is 0 Å². The van der Waals surface area contributed by atoms with Crippen LogP contribution in [0, 0.1) is 22.7 Å². The van der Waals surface area contributed by atoms with Gasteiger partial charge < -0.3 is 14.6 Å². The van der Waals surface area contributed by atoms with Crippen LogP contribution in [-0.4, -0.2) is 42.3 Å². The highest BCUT2D eigenvalue weighted by Crippen LogP contribution is 2.68. The van der Waals surface area contributed by atoms with Crippen LogP contribution in [0.2, 0.25) is 0 Å². The van der Waals surface area contributed by atoms with Gasteiger partial charge in [0.2, 0.25) is 0 Å². The Morgan fingerprint density at radius 2 is 2.00 bits per heavy atom. The van der Waals surface area contributed by atoms with Crippen molar-refractivity contribution in [3.8, 4) is 0 Å². The number of hydrogen-bond donors (Lipinski definition) is 1. The third kappa shape index (κ3) is 3.09. The van der Waals surface area contributed by atoms with Gasteiger partial charge in [-0.05, 0) is 54.2 Å². The molecule has 5 rings (SSSR count). The molecule has 1 N–H and O–H groups in total. The summed E-state index contributed by atoms with van der Waals surface area (Å²) in [6.45, 7) is 12.9. The summed E-state index contributed by atoms with van der Waals surface area (Å²) in [4.78, 5) is 15.6. The second kappa shape index (κ2) is 6.98. The second-order valence-corrected chi connectivity index (χ2v) is 10.5. The van der Waals surface area contributed by atoms with Gasteiger partial charge in [-0.15, -0.1) is 0 Å². The Bertz CT molecular complexity index is 863. The van der Waals surface area contributed by atoms with Crippen LogP contribution < -0.4 is 10.7 Å². The highest BCUT2D eigenvalue weighted by Gasteiger charge is 2.62. The van der Waals surface area contributed by atoms with E-state index in [1.165, 1.54) is 19.3 Å². The molecule has 0 radical (unpaired) electrons. The minimum Gasteiger partial charge on any atom is -0.383 e. The van der Waals surface area contributed by atoms with Crippen LogP contribution in [-0.2, 0) is 11.3 Å². The maximum Gasteiger partial charge on any atom is 0.187 e. The molecule has 3 fully saturated rings. The highest BCUT2D eigenvalue weighted by atomic mass is 16.5. The van der Waals surface area contributed by atoms with Gasteiger partial charge in [-0.2, -0.15) is 0 Å². The molecule has 4 aliphatic rings. The molecule has 2 saturated carbocycles. The second-order valence-electron chi connectivity index (χ2n) is 10.5. The smallest absolute Gasteiger partial charge is 0.187 e. The molecule has 0 spiro atoms. The van der Waals surface area contributed by atoms with Gasteiger partial charge in [-0.1, -0.05) is 20.8 Å². The number of morpholine rings is 1. The molecular weight excluding hydrogens is 362 g/mol. The molecule has 3 heterocycles. The lowest BCUT2D eigenvalue weighted by Gasteiger charge is -2.48. The molecule has 4 atom stereocenters. The Balaban J connectivity index is 1.47. The third-order valence-electron chi connectivity index (χ3n) is 8.56. The van der Waals surface area contributed by atoms with Crippen LogP contribution in [0.1, 0.15) is 57.3 Å². The maximum absolute atomic E-state index is 13.1. The van der Waals surface area contributed by atoms with Crippen molar-refractivity contribution in [1.82, 2.24) is 14.8 Å². The van der Waals surface area contributed by atoms with E-state index in [0.29, 0.717) is 11.3 Å². The van der Waals surface area contributed by atoms with Gasteiger partial charge in [0.15, 0.2) is 5.43 Å². The van der Waals surface area contributed by atoms with Crippen LogP contribution in [0.5, 0.6) is 0 Å². The number of fused-ring (bicyclic) bond motifs is 3. The number of pyridine rings is 1. The summed E-state index contributed by atoms with van der Waals surface area (Å²) in [5.41, 5.74) is 2.87. The summed E-state index contributed by atoms with van der Waals surface area (Å²) >= 11 is 0. The van der Waals surface area contributed by atoms with Crippen molar-refractivity contribution >= 4 is 6.08 Å². The molecule has 158 valence electrons. The van der Waals surface area contributed by atoms with Gasteiger partial charge in [-0.3, -0.25) is 9.69 Å². The molecule has 0 aromatic carbocycles. The van der Waals surface area contributed by atoms with Crippen molar-refractivity contribution in [3.63, 3.8) is 0 Å². The minimum atomic E-state index is 0.114. The van der Waals surface area contributed by atoms with E-state index in [4.69, 9.17) is 4.74 Å². The van der Waals surface area contributed by atoms with E-state index in [2.05, 4.69) is 47.8 Å². The predicted octanol–water partition coefficient (Wildman–Crippen LogP) is 3.26. The Morgan fingerprint density at radius 1 is 1.21 bits per heavy atom. The fourth-order valence-corrected chi connectivity index (χ4v) is 7.13. The van der Waals surface area contributed by atoms with Crippen LogP contribution in [0.15, 0.2) is 23.3 Å². The van der Waals surface area contributed by atoms with Crippen LogP contribution >= 0.6 is 0 Å². The Labute approximate surface area is 174 Å². The lowest BCUT2D eigenvalue weighted by molar-refractivity contribution is 0.0361. The first-order valence-electron chi connectivity index (χ1n) is 11.4. The molecule has 0 amide bonds. The van der Waals surface area contributed by atoms with E-state index >= 15 is 0 Å². The maximum atomic E-state index is 13.1. The molecular formula is C24H35N3O2. The largest absolute Gasteiger partial charge is 0.383 e. The normalized spacial score (nSPS) is 35.5. The van der Waals surface area contributed by atoms with Crippen molar-refractivity contribution in [2.24, 2.45) is 22.7 Å². The number of aromatic nitrogens is 1. The molecule has 5 heteroatoms. The van der Waals surface area contributed by atoms with E-state index in [1.54, 1.807) is 6.07 Å². The van der Waals surface area contributed by atoms with Crippen LogP contribution in [0.3, 0.4) is 0 Å². The van der Waals surface area contributed by atoms with Crippen molar-refractivity contribution in [2.75, 3.05) is 32.8 Å². The number of ether oxygens (including phenoxy) is 1. The lowest BCUT2D eigenvalue weighted by Crippen LogP contribution is -2.46. The summed E-state index contributed by atoms with van der Waals surface area (Å²) in [7, 11) is 0. The Morgan fingerprint density at radius 3 is 2.72 bits per heavy atom. The fraction of sp³-hybridized carbons (Fsp3) is 0.708. The quantitative estimate of drug-likeness (QED) is 0.847. The van der Waals surface area contributed by atoms with Gasteiger partial charge in [0, 0.05) is 44.0 Å². The first-order chi connectivity index (χ1) is 13.9. The predicted molar refractivity (Wildman–Crippen MR) is 116 cm³/mol. The van der Waals surface area contributed by atoms with E-state index in [9.17, 15) is 4.79 Å². The average molecular weight is 398 g/mol. The summed E-state index contributed by atoms with van der Waals surface area (Å²) in [6.07, 6.45) is 10.1. The lowest BCUT2D eigenvalue weighted by atomic mass is 9.60. The minimum absolute atomic E-state index is 0.114. The van der Waals surface area contributed by atoms with Gasteiger partial charge in [0.1, 0.15) is 0 Å². The van der Waals surface area contributed by atoms with E-state index < -0.39 is 0 Å². The van der Waals surface area contributed by atoms with Crippen LogP contribution in [0.25, 0.3) is 6.08 Å². The molecule has 2 unspecified atom stereocenters. The Hall–Kier alpha value is -1.59. The number of rotatable bonds is 4. The SMILES string of the molecule is CC1(C)C2CC[C@](C)(C2)[C@H]1C1NC=Cc2c1c(=O)ccn2CCN1CCOCC1. The molecule has 2 aliphatic carbocycles. The molecule has 29 heavy (non-hydrogen) atoms. The molecule has 1 aromatic rings. The molecule has 5 nitrogen and oxygen atoms in total. The summed E-state index contributed by atoms with van der Waals surface area (Å²) in [5.74, 6) is 1.26. The number of nitrogens with one attached hydrogen (secondary N) is 1. The molecule has 1 aromatic heterocycles. The number of hydrogen-bond acceptors (Lipinski definition) is 4. The topological polar surface area (TPSA) is 46.5 Å². The first kappa shape index (κ1) is 19.4. The summed E-state index contributed by atoms with van der Waals surface area (Å²) in [6, 6.07) is 1.90. The Kier molecular flexibility index (Phi) is 4.67. The zero-order valence-electron chi connectivity index (χ0n) is 18.1. The summed E-state index contributed by atoms with van der Waals surface area (Å²) in [5, 5.41) is 3.64. The zero-order valence-corrected chi connectivity index (χ0v) is 18.1.